The van der Waals surface area contributed by atoms with Gasteiger partial charge in [0.2, 0.25) is 0 Å². The lowest BCUT2D eigenvalue weighted by Gasteiger charge is -2.30. The highest BCUT2D eigenvalue weighted by atomic mass is 16.5. The average molecular weight is 1350 g/mol. The number of ether oxygens (including phenoxy) is 4. The first-order chi connectivity index (χ1) is 47.5. The minimum absolute atomic E-state index is 0.162. The molecule has 0 spiro atoms. The average Bonchev–Trinajstić information content (AvgIpc) is 0.761. The lowest BCUT2D eigenvalue weighted by Crippen LogP contribution is -2.34. The van der Waals surface area contributed by atoms with Crippen LogP contribution >= 0.6 is 0 Å². The number of likely N-dealkylation sites (N-methyl/N-ethyl adjacent to an activating group) is 4. The molecule has 8 aromatic carbocycles. The van der Waals surface area contributed by atoms with Crippen molar-refractivity contribution in [1.82, 2.24) is 19.6 Å². The Hall–Kier alpha value is -9.16. The van der Waals surface area contributed by atoms with Crippen molar-refractivity contribution in [2.75, 3.05) is 52.6 Å². The molecule has 0 unspecified atom stereocenters. The predicted octanol–water partition coefficient (Wildman–Crippen LogP) is 17.3. The molecule has 0 aromatic heterocycles. The van der Waals surface area contributed by atoms with Crippen molar-refractivity contribution in [3.8, 4) is 23.0 Å². The van der Waals surface area contributed by atoms with Gasteiger partial charge in [-0.25, -0.2) is 0 Å². The summed E-state index contributed by atoms with van der Waals surface area (Å²) in [6.45, 7) is 37.1. The molecule has 12 nitrogen and oxygen atoms in total. The Morgan fingerprint density at radius 1 is 0.280 bits per heavy atom. The van der Waals surface area contributed by atoms with Crippen LogP contribution in [0, 0.1) is 0 Å². The molecule has 8 aromatic rings. The molecule has 4 amide bonds. The number of hydrogen-bond donors (Lipinski definition) is 0. The Labute approximate surface area is 597 Å². The summed E-state index contributed by atoms with van der Waals surface area (Å²) in [5, 5.41) is 0. The molecule has 12 heteroatoms. The fourth-order valence-corrected chi connectivity index (χ4v) is 13.0. The summed E-state index contributed by atoms with van der Waals surface area (Å²) in [4.78, 5) is 66.9. The number of fused-ring (bicyclic) bond motifs is 8. The second-order valence-electron chi connectivity index (χ2n) is 30.9. The maximum absolute atomic E-state index is 14.9. The molecule has 0 atom stereocenters. The standard InChI is InChI=1S/C88H108N4O8/c1-17-89(53-61-33-25-21-26-34-61)77(93)57-97-81-65-41-67-47-74(86(8,9)10)49-69(82(67)98-58-78(94)90(18-2)54-62-35-27-22-28-36-62)43-71-51-76(88(14,15)16)52-72(84(71)100-60-80(96)92(20-4)56-64-39-31-24-32-40-64)44-70-50-75(87(11,12)13)48-68(42-66(81)46-73(45-65)85(5,6)7)83(70)99-59-79(95)91(19-3)55-63-37-29-23-30-38-63/h21-40,45-52H,17-20,41-44,53-60H2,1-16H3. The maximum atomic E-state index is 14.9. The van der Waals surface area contributed by atoms with Gasteiger partial charge >= 0.3 is 0 Å². The zero-order valence-electron chi connectivity index (χ0n) is 62.5. The topological polar surface area (TPSA) is 118 Å². The van der Waals surface area contributed by atoms with Crippen LogP contribution in [0.4, 0.5) is 0 Å². The fourth-order valence-electron chi connectivity index (χ4n) is 13.0. The van der Waals surface area contributed by atoms with Crippen molar-refractivity contribution in [3.05, 3.63) is 259 Å². The third-order valence-corrected chi connectivity index (χ3v) is 19.1. The van der Waals surface area contributed by atoms with Crippen LogP contribution in [0.25, 0.3) is 0 Å². The highest BCUT2D eigenvalue weighted by Crippen LogP contribution is 2.45. The summed E-state index contributed by atoms with van der Waals surface area (Å²) < 4.78 is 29.0. The summed E-state index contributed by atoms with van der Waals surface area (Å²) in [5.74, 6) is 1.60. The molecule has 0 N–H and O–H groups in total. The normalized spacial score (nSPS) is 12.5. The smallest absolute Gasteiger partial charge is 0.260 e. The van der Waals surface area contributed by atoms with Crippen molar-refractivity contribution in [2.45, 2.75) is 184 Å². The minimum atomic E-state index is -0.382. The molecule has 0 heterocycles. The monoisotopic (exact) mass is 1350 g/mol. The fraction of sp³-hybridized carbons (Fsp3) is 0.409. The third kappa shape index (κ3) is 19.6. The molecule has 100 heavy (non-hydrogen) atoms. The lowest BCUT2D eigenvalue weighted by atomic mass is 9.79. The number of benzene rings is 8. The Morgan fingerprint density at radius 2 is 0.440 bits per heavy atom. The van der Waals surface area contributed by atoms with Gasteiger partial charge in [-0.1, -0.05) is 253 Å². The summed E-state index contributed by atoms with van der Waals surface area (Å²) in [6, 6.07) is 57.9. The Bertz CT molecular complexity index is 3480. The lowest BCUT2D eigenvalue weighted by molar-refractivity contribution is -0.134. The minimum Gasteiger partial charge on any atom is -0.483 e. The quantitative estimate of drug-likeness (QED) is 0.0587. The van der Waals surface area contributed by atoms with Crippen molar-refractivity contribution >= 4 is 23.6 Å². The van der Waals surface area contributed by atoms with Gasteiger partial charge in [0.15, 0.2) is 26.4 Å². The van der Waals surface area contributed by atoms with Gasteiger partial charge in [-0.3, -0.25) is 19.2 Å². The Kier molecular flexibility index (Phi) is 24.7. The molecular formula is C88H108N4O8. The molecule has 1 aliphatic rings. The van der Waals surface area contributed by atoms with Crippen molar-refractivity contribution in [3.63, 3.8) is 0 Å². The largest absolute Gasteiger partial charge is 0.483 e. The van der Waals surface area contributed by atoms with E-state index >= 15 is 0 Å². The molecule has 8 bridgehead atoms. The highest BCUT2D eigenvalue weighted by molar-refractivity contribution is 5.80. The molecular weight excluding hydrogens is 1240 g/mol. The van der Waals surface area contributed by atoms with E-state index < -0.39 is 0 Å². The number of carbonyl (C=O) groups is 4. The van der Waals surface area contributed by atoms with Crippen LogP contribution in [0.15, 0.2) is 170 Å². The number of carbonyl (C=O) groups excluding carboxylic acids is 4. The molecule has 0 fully saturated rings. The van der Waals surface area contributed by atoms with Gasteiger partial charge in [-0.15, -0.1) is 0 Å². The van der Waals surface area contributed by atoms with Crippen LogP contribution in [0.2, 0.25) is 0 Å². The zero-order valence-corrected chi connectivity index (χ0v) is 62.5. The molecule has 528 valence electrons. The number of amides is 4. The summed E-state index contributed by atoms with van der Waals surface area (Å²) in [5.41, 5.74) is 13.4. The van der Waals surface area contributed by atoms with E-state index in [0.29, 0.717) is 75.4 Å². The molecule has 0 saturated carbocycles. The zero-order chi connectivity index (χ0) is 72.1. The van der Waals surface area contributed by atoms with E-state index in [2.05, 4.69) is 132 Å². The van der Waals surface area contributed by atoms with Crippen LogP contribution in [0.1, 0.15) is 200 Å². The van der Waals surface area contributed by atoms with Crippen molar-refractivity contribution in [1.29, 1.82) is 0 Å². The summed E-state index contributed by atoms with van der Waals surface area (Å²) in [7, 11) is 0. The maximum Gasteiger partial charge on any atom is 0.260 e. The SMILES string of the molecule is CCN(Cc1ccccc1)C(=O)COc1c2cc(C(C)(C)C)cc1Cc1cc(C(C)(C)C)cc(c1OCC(=O)N(CC)Cc1ccccc1)Cc1cc(C(C)(C)C)cc(c1OCC(=O)N(CC)Cc1ccccc1)Cc1cc(C(C)(C)C)cc(c1OCC(=O)N(CC)Cc1ccccc1)C2. The second kappa shape index (κ2) is 32.9. The molecule has 1 aliphatic carbocycles. The third-order valence-electron chi connectivity index (χ3n) is 19.1. The van der Waals surface area contributed by atoms with Gasteiger partial charge in [-0.2, -0.15) is 0 Å². The van der Waals surface area contributed by atoms with E-state index in [9.17, 15) is 19.2 Å². The van der Waals surface area contributed by atoms with Gasteiger partial charge in [-0.05, 0) is 138 Å². The number of rotatable bonds is 24. The van der Waals surface area contributed by atoms with E-state index in [4.69, 9.17) is 18.9 Å². The molecule has 9 rings (SSSR count). The van der Waals surface area contributed by atoms with E-state index in [0.717, 1.165) is 89.0 Å². The van der Waals surface area contributed by atoms with Crippen molar-refractivity contribution in [2.24, 2.45) is 0 Å². The first-order valence-corrected chi connectivity index (χ1v) is 36.0. The Balaban J connectivity index is 1.33. The molecule has 0 aliphatic heterocycles. The van der Waals surface area contributed by atoms with E-state index in [-0.39, 0.29) is 97.4 Å². The first kappa shape index (κ1) is 75.1. The molecule has 0 saturated heterocycles. The van der Waals surface area contributed by atoms with Crippen LogP contribution in [-0.4, -0.2) is 95.8 Å². The Morgan fingerprint density at radius 3 is 0.580 bits per heavy atom. The van der Waals surface area contributed by atoms with Gasteiger partial charge in [0.05, 0.1) is 0 Å². The summed E-state index contributed by atoms with van der Waals surface area (Å²) >= 11 is 0. The first-order valence-electron chi connectivity index (χ1n) is 36.0. The van der Waals surface area contributed by atoms with E-state index in [1.54, 1.807) is 0 Å². The second-order valence-corrected chi connectivity index (χ2v) is 30.9. The van der Waals surface area contributed by atoms with E-state index in [1.165, 1.54) is 0 Å². The van der Waals surface area contributed by atoms with Gasteiger partial charge in [0.1, 0.15) is 23.0 Å². The van der Waals surface area contributed by atoms with Crippen LogP contribution in [-0.2, 0) is 92.7 Å². The van der Waals surface area contributed by atoms with Gasteiger partial charge < -0.3 is 38.5 Å². The van der Waals surface area contributed by atoms with Crippen LogP contribution < -0.4 is 18.9 Å². The predicted molar refractivity (Wildman–Crippen MR) is 404 cm³/mol. The van der Waals surface area contributed by atoms with Crippen molar-refractivity contribution < 1.29 is 38.1 Å². The highest BCUT2D eigenvalue weighted by Gasteiger charge is 2.32. The van der Waals surface area contributed by atoms with E-state index in [1.807, 2.05) is 169 Å². The van der Waals surface area contributed by atoms with Gasteiger partial charge in [0, 0.05) is 78.0 Å². The van der Waals surface area contributed by atoms with Gasteiger partial charge in [0.25, 0.3) is 23.6 Å². The van der Waals surface area contributed by atoms with Crippen LogP contribution in [0.3, 0.4) is 0 Å². The number of nitrogens with zero attached hydrogens (tertiary/aromatic N) is 4. The molecule has 0 radical (unpaired) electrons. The number of hydrogen-bond acceptors (Lipinski definition) is 8. The van der Waals surface area contributed by atoms with Crippen LogP contribution in [0.5, 0.6) is 23.0 Å². The summed E-state index contributed by atoms with van der Waals surface area (Å²) in [6.07, 6.45) is 1.12.